The largest absolute Gasteiger partial charge is 0.490 e. The van der Waals surface area contributed by atoms with Crippen molar-refractivity contribution in [3.05, 3.63) is 90.6 Å². The van der Waals surface area contributed by atoms with Gasteiger partial charge in [0.15, 0.2) is 0 Å². The Morgan fingerprint density at radius 2 is 1.97 bits per heavy atom. The van der Waals surface area contributed by atoms with Crippen molar-refractivity contribution in [2.24, 2.45) is 0 Å². The van der Waals surface area contributed by atoms with Crippen LogP contribution in [-0.2, 0) is 6.42 Å². The van der Waals surface area contributed by atoms with Gasteiger partial charge >= 0.3 is 6.09 Å². The van der Waals surface area contributed by atoms with E-state index in [1.807, 2.05) is 54.7 Å². The maximum atomic E-state index is 11.4. The van der Waals surface area contributed by atoms with Gasteiger partial charge in [-0.15, -0.1) is 0 Å². The molecule has 0 bridgehead atoms. The van der Waals surface area contributed by atoms with E-state index in [0.717, 1.165) is 38.4 Å². The number of nitrogens with one attached hydrogen (secondary N) is 2. The first-order valence-electron chi connectivity index (χ1n) is 11.0. The number of carboxylic acid groups (broad SMARTS) is 1. The first-order chi connectivity index (χ1) is 17.1. The number of amides is 1. The number of H-pyrrole nitrogens is 1. The number of aromatic amines is 1. The number of ether oxygens (including phenoxy) is 1. The summed E-state index contributed by atoms with van der Waals surface area (Å²) in [5.41, 5.74) is 4.14. The van der Waals surface area contributed by atoms with Crippen LogP contribution in [0.3, 0.4) is 0 Å². The molecule has 0 aliphatic carbocycles. The molecule has 2 aromatic carbocycles. The molecule has 0 aliphatic heterocycles. The summed E-state index contributed by atoms with van der Waals surface area (Å²) in [6.07, 6.45) is 6.29. The summed E-state index contributed by atoms with van der Waals surface area (Å²) in [6.45, 7) is 0.145. The van der Waals surface area contributed by atoms with Crippen molar-refractivity contribution < 1.29 is 14.6 Å². The molecule has 8 nitrogen and oxygen atoms in total. The number of rotatable bonds is 7. The highest BCUT2D eigenvalue weighted by molar-refractivity contribution is 5.87. The zero-order valence-electron chi connectivity index (χ0n) is 18.6. The number of carbonyl (C=O) groups is 1. The molecule has 0 saturated heterocycles. The molecule has 0 aliphatic rings. The molecule has 1 atom stereocenters. The van der Waals surface area contributed by atoms with Crippen LogP contribution in [0.2, 0.25) is 0 Å². The van der Waals surface area contributed by atoms with Gasteiger partial charge in [-0.25, -0.2) is 9.78 Å². The van der Waals surface area contributed by atoms with Gasteiger partial charge in [0.25, 0.3) is 0 Å². The number of para-hydroxylation sites is 1. The fourth-order valence-corrected chi connectivity index (χ4v) is 4.13. The minimum Gasteiger partial charge on any atom is -0.490 e. The number of hydrogen-bond acceptors (Lipinski definition) is 5. The van der Waals surface area contributed by atoms with Gasteiger partial charge in [-0.2, -0.15) is 5.26 Å². The third kappa shape index (κ3) is 4.89. The predicted octanol–water partition coefficient (Wildman–Crippen LogP) is 4.91. The highest BCUT2D eigenvalue weighted by Gasteiger charge is 2.16. The third-order valence-electron chi connectivity index (χ3n) is 5.80. The monoisotopic (exact) mass is 463 g/mol. The quantitative estimate of drug-likeness (QED) is 0.315. The van der Waals surface area contributed by atoms with Crippen molar-refractivity contribution in [2.75, 3.05) is 6.61 Å². The fraction of sp³-hybridized carbons (Fsp3) is 0.111. The number of aromatic nitrogens is 3. The summed E-state index contributed by atoms with van der Waals surface area (Å²) >= 11 is 0. The van der Waals surface area contributed by atoms with Crippen molar-refractivity contribution in [3.8, 4) is 22.9 Å². The molecule has 0 radical (unpaired) electrons. The molecule has 5 rings (SSSR count). The van der Waals surface area contributed by atoms with E-state index in [-0.39, 0.29) is 6.61 Å². The summed E-state index contributed by atoms with van der Waals surface area (Å²) in [4.78, 5) is 23.0. The normalized spacial score (nSPS) is 11.7. The summed E-state index contributed by atoms with van der Waals surface area (Å²) < 4.78 is 5.96. The molecule has 3 N–H and O–H groups in total. The minimum absolute atomic E-state index is 0.145. The maximum absolute atomic E-state index is 11.4. The maximum Gasteiger partial charge on any atom is 0.405 e. The van der Waals surface area contributed by atoms with E-state index in [2.05, 4.69) is 26.3 Å². The van der Waals surface area contributed by atoms with Gasteiger partial charge in [-0.3, -0.25) is 4.98 Å². The fourth-order valence-electron chi connectivity index (χ4n) is 4.13. The third-order valence-corrected chi connectivity index (χ3v) is 5.80. The molecule has 3 aromatic heterocycles. The Morgan fingerprint density at radius 3 is 2.83 bits per heavy atom. The van der Waals surface area contributed by atoms with Crippen LogP contribution in [0.5, 0.6) is 5.75 Å². The van der Waals surface area contributed by atoms with E-state index < -0.39 is 12.1 Å². The second kappa shape index (κ2) is 9.53. The van der Waals surface area contributed by atoms with Gasteiger partial charge in [0.05, 0.1) is 12.2 Å². The zero-order valence-corrected chi connectivity index (χ0v) is 18.6. The zero-order chi connectivity index (χ0) is 24.2. The first kappa shape index (κ1) is 21.9. The molecule has 1 amide bonds. The molecule has 3 heterocycles. The molecule has 0 saturated carbocycles. The van der Waals surface area contributed by atoms with E-state index in [9.17, 15) is 9.90 Å². The van der Waals surface area contributed by atoms with Crippen molar-refractivity contribution in [1.29, 1.82) is 5.26 Å². The Bertz CT molecular complexity index is 1570. The molecule has 172 valence electrons. The van der Waals surface area contributed by atoms with Crippen molar-refractivity contribution in [2.45, 2.75) is 12.5 Å². The number of benzene rings is 2. The molecule has 8 heteroatoms. The lowest BCUT2D eigenvalue weighted by Gasteiger charge is -2.18. The number of fused-ring (bicyclic) bond motifs is 2. The van der Waals surface area contributed by atoms with E-state index >= 15 is 0 Å². The van der Waals surface area contributed by atoms with E-state index in [1.165, 1.54) is 0 Å². The van der Waals surface area contributed by atoms with Gasteiger partial charge in [-0.1, -0.05) is 30.3 Å². The summed E-state index contributed by atoms with van der Waals surface area (Å²) in [7, 11) is 0. The smallest absolute Gasteiger partial charge is 0.405 e. The Morgan fingerprint density at radius 1 is 1.09 bits per heavy atom. The van der Waals surface area contributed by atoms with Crippen LogP contribution in [0.4, 0.5) is 4.79 Å². The van der Waals surface area contributed by atoms with Gasteiger partial charge in [0.2, 0.25) is 0 Å². The first-order valence-corrected chi connectivity index (χ1v) is 11.0. The van der Waals surface area contributed by atoms with Gasteiger partial charge in [-0.05, 0) is 47.2 Å². The standard InChI is InChI=1S/C27H21N5O3/c28-11-22-8-19-7-17(5-6-18(19)13-30-22)20-10-24(15-29-12-20)35-16-23(32-27(33)34)9-21-14-31-26-4-2-1-3-25(21)26/h1-8,10,12-15,23,31-32H,9,16H2,(H,33,34). The number of nitrogens with zero attached hydrogens (tertiary/aromatic N) is 3. The predicted molar refractivity (Wildman–Crippen MR) is 132 cm³/mol. The lowest BCUT2D eigenvalue weighted by atomic mass is 10.0. The Balaban J connectivity index is 1.34. The average molecular weight is 463 g/mol. The van der Waals surface area contributed by atoms with Crippen LogP contribution in [0.25, 0.3) is 32.8 Å². The topological polar surface area (TPSA) is 124 Å². The van der Waals surface area contributed by atoms with Crippen LogP contribution >= 0.6 is 0 Å². The van der Waals surface area contributed by atoms with Crippen LogP contribution in [0, 0.1) is 11.3 Å². The summed E-state index contributed by atoms with van der Waals surface area (Å²) in [5, 5.41) is 23.9. The SMILES string of the molecule is N#Cc1cc2cc(-c3cncc(OCC(Cc4c[nH]c5ccccc45)NC(=O)O)c3)ccc2cn1. The molecular weight excluding hydrogens is 442 g/mol. The number of nitriles is 1. The van der Waals surface area contributed by atoms with Gasteiger partial charge in [0.1, 0.15) is 24.1 Å². The molecule has 0 spiro atoms. The van der Waals surface area contributed by atoms with Gasteiger partial charge < -0.3 is 20.1 Å². The van der Waals surface area contributed by atoms with Crippen LogP contribution < -0.4 is 10.1 Å². The number of hydrogen-bond donors (Lipinski definition) is 3. The van der Waals surface area contributed by atoms with E-state index in [4.69, 9.17) is 10.00 Å². The lowest BCUT2D eigenvalue weighted by molar-refractivity contribution is 0.181. The van der Waals surface area contributed by atoms with Crippen molar-refractivity contribution in [3.63, 3.8) is 0 Å². The van der Waals surface area contributed by atoms with Gasteiger partial charge in [0, 0.05) is 40.4 Å². The average Bonchev–Trinajstić information content (AvgIpc) is 3.29. The van der Waals surface area contributed by atoms with Crippen molar-refractivity contribution >= 4 is 27.8 Å². The van der Waals surface area contributed by atoms with Crippen LogP contribution in [-0.4, -0.2) is 38.8 Å². The molecule has 0 fully saturated rings. The Kier molecular flexibility index (Phi) is 5.97. The van der Waals surface area contributed by atoms with E-state index in [0.29, 0.717) is 17.9 Å². The summed E-state index contributed by atoms with van der Waals surface area (Å²) in [5.74, 6) is 0.533. The lowest BCUT2D eigenvalue weighted by Crippen LogP contribution is -2.39. The van der Waals surface area contributed by atoms with Crippen LogP contribution in [0.15, 0.2) is 79.4 Å². The molecule has 35 heavy (non-hydrogen) atoms. The Hall–Kier alpha value is -4.90. The summed E-state index contributed by atoms with van der Waals surface area (Å²) in [6, 6.07) is 19.0. The molecule has 1 unspecified atom stereocenters. The highest BCUT2D eigenvalue weighted by Crippen LogP contribution is 2.27. The van der Waals surface area contributed by atoms with Crippen molar-refractivity contribution in [1.82, 2.24) is 20.3 Å². The van der Waals surface area contributed by atoms with E-state index in [1.54, 1.807) is 24.7 Å². The second-order valence-corrected chi connectivity index (χ2v) is 8.17. The molecule has 5 aromatic rings. The molecular formula is C27H21N5O3. The highest BCUT2D eigenvalue weighted by atomic mass is 16.5. The second-order valence-electron chi connectivity index (χ2n) is 8.17. The number of pyridine rings is 2. The minimum atomic E-state index is -1.10. The van der Waals surface area contributed by atoms with Crippen LogP contribution in [0.1, 0.15) is 11.3 Å². The Labute approximate surface area is 200 Å².